The summed E-state index contributed by atoms with van der Waals surface area (Å²) in [6, 6.07) is -0.480. The van der Waals surface area contributed by atoms with Gasteiger partial charge in [0.15, 0.2) is 0 Å². The Morgan fingerprint density at radius 2 is 2.18 bits per heavy atom. The maximum Gasteiger partial charge on any atom is 0.287 e. The first kappa shape index (κ1) is 8.42. The highest BCUT2D eigenvalue weighted by molar-refractivity contribution is 4.88. The molecule has 0 radical (unpaired) electrons. The second kappa shape index (κ2) is 2.75. The lowest BCUT2D eigenvalue weighted by Crippen LogP contribution is -2.62. The molecule has 0 amide bonds. The fourth-order valence-corrected chi connectivity index (χ4v) is 1.43. The van der Waals surface area contributed by atoms with Crippen molar-refractivity contribution >= 4 is 0 Å². The van der Waals surface area contributed by atoms with Crippen LogP contribution in [-0.4, -0.2) is 16.6 Å². The predicted molar refractivity (Wildman–Crippen MR) is 40.4 cm³/mol. The van der Waals surface area contributed by atoms with Crippen molar-refractivity contribution < 1.29 is 4.92 Å². The largest absolute Gasteiger partial charge is 0.320 e. The average Bonchev–Trinajstić information content (AvgIpc) is 1.95. The van der Waals surface area contributed by atoms with E-state index in [9.17, 15) is 10.1 Å². The van der Waals surface area contributed by atoms with Gasteiger partial charge in [0.05, 0.1) is 6.04 Å². The minimum Gasteiger partial charge on any atom is -0.320 e. The summed E-state index contributed by atoms with van der Waals surface area (Å²) >= 11 is 0. The van der Waals surface area contributed by atoms with E-state index < -0.39 is 16.6 Å². The van der Waals surface area contributed by atoms with Crippen LogP contribution in [0.25, 0.3) is 0 Å². The van der Waals surface area contributed by atoms with Crippen LogP contribution in [0.2, 0.25) is 0 Å². The zero-order chi connectivity index (χ0) is 8.48. The van der Waals surface area contributed by atoms with Crippen LogP contribution in [0.3, 0.4) is 0 Å². The first-order chi connectivity index (χ1) is 5.07. The summed E-state index contributed by atoms with van der Waals surface area (Å²) in [6.45, 7) is 0. The van der Waals surface area contributed by atoms with Gasteiger partial charge in [-0.05, 0) is 12.8 Å². The molecule has 0 unspecified atom stereocenters. The second-order valence-corrected chi connectivity index (χ2v) is 3.10. The van der Waals surface area contributed by atoms with Crippen molar-refractivity contribution in [3.8, 4) is 0 Å². The molecule has 1 aliphatic rings. The molecule has 0 saturated heterocycles. The molecule has 2 atom stereocenters. The lowest BCUT2D eigenvalue weighted by Gasteiger charge is -2.30. The van der Waals surface area contributed by atoms with E-state index in [1.807, 2.05) is 0 Å². The molecular formula is C6H13N3O2. The van der Waals surface area contributed by atoms with E-state index in [0.717, 1.165) is 12.8 Å². The van der Waals surface area contributed by atoms with Gasteiger partial charge in [-0.25, -0.2) is 0 Å². The Balaban J connectivity index is 2.72. The number of hydrogen-bond donors (Lipinski definition) is 2. The molecule has 0 bridgehead atoms. The van der Waals surface area contributed by atoms with E-state index in [2.05, 4.69) is 0 Å². The highest BCUT2D eigenvalue weighted by atomic mass is 16.6. The van der Waals surface area contributed by atoms with E-state index in [-0.39, 0.29) is 0 Å². The highest BCUT2D eigenvalue weighted by Crippen LogP contribution is 2.25. The Morgan fingerprint density at radius 3 is 2.55 bits per heavy atom. The lowest BCUT2D eigenvalue weighted by atomic mass is 9.86. The van der Waals surface area contributed by atoms with Gasteiger partial charge in [-0.3, -0.25) is 15.8 Å². The summed E-state index contributed by atoms with van der Waals surface area (Å²) in [5.74, 6) is 0. The smallest absolute Gasteiger partial charge is 0.287 e. The van der Waals surface area contributed by atoms with Crippen molar-refractivity contribution in [2.24, 2.45) is 11.5 Å². The highest BCUT2D eigenvalue weighted by Gasteiger charge is 2.46. The number of nitro groups is 1. The van der Waals surface area contributed by atoms with Crippen LogP contribution < -0.4 is 11.5 Å². The van der Waals surface area contributed by atoms with Gasteiger partial charge in [0.1, 0.15) is 0 Å². The summed E-state index contributed by atoms with van der Waals surface area (Å²) in [6.07, 6.45) is 2.83. The Labute approximate surface area is 64.9 Å². The van der Waals surface area contributed by atoms with Crippen LogP contribution in [0.15, 0.2) is 0 Å². The fraction of sp³-hybridized carbons (Fsp3) is 1.00. The monoisotopic (exact) mass is 159 g/mol. The minimum absolute atomic E-state index is 0.404. The molecule has 0 aliphatic heterocycles. The van der Waals surface area contributed by atoms with Gasteiger partial charge in [-0.2, -0.15) is 0 Å². The van der Waals surface area contributed by atoms with E-state index in [1.54, 1.807) is 0 Å². The molecule has 5 nitrogen and oxygen atoms in total. The van der Waals surface area contributed by atoms with Gasteiger partial charge in [-0.15, -0.1) is 0 Å². The van der Waals surface area contributed by atoms with E-state index in [0.29, 0.717) is 12.8 Å². The molecule has 0 aromatic rings. The van der Waals surface area contributed by atoms with Crippen molar-refractivity contribution in [1.82, 2.24) is 0 Å². The molecule has 5 heteroatoms. The molecule has 0 aromatic heterocycles. The zero-order valence-electron chi connectivity index (χ0n) is 6.32. The van der Waals surface area contributed by atoms with Gasteiger partial charge >= 0.3 is 0 Å². The second-order valence-electron chi connectivity index (χ2n) is 3.10. The summed E-state index contributed by atoms with van der Waals surface area (Å²) in [5, 5.41) is 10.5. The Kier molecular flexibility index (Phi) is 2.10. The Hall–Kier alpha value is -0.680. The lowest BCUT2D eigenvalue weighted by molar-refractivity contribution is -0.576. The first-order valence-corrected chi connectivity index (χ1v) is 3.76. The zero-order valence-corrected chi connectivity index (χ0v) is 6.32. The van der Waals surface area contributed by atoms with Crippen molar-refractivity contribution in [3.05, 3.63) is 10.1 Å². The third kappa shape index (κ3) is 1.34. The molecular weight excluding hydrogens is 146 g/mol. The van der Waals surface area contributed by atoms with Crippen molar-refractivity contribution in [2.75, 3.05) is 0 Å². The molecule has 0 aromatic carbocycles. The van der Waals surface area contributed by atoms with E-state index in [4.69, 9.17) is 11.5 Å². The van der Waals surface area contributed by atoms with E-state index in [1.165, 1.54) is 0 Å². The first-order valence-electron chi connectivity index (χ1n) is 3.76. The summed E-state index contributed by atoms with van der Waals surface area (Å²) < 4.78 is 0. The minimum atomic E-state index is -1.36. The summed E-state index contributed by atoms with van der Waals surface area (Å²) in [4.78, 5) is 10.0. The van der Waals surface area contributed by atoms with Crippen LogP contribution in [-0.2, 0) is 0 Å². The number of nitrogens with two attached hydrogens (primary N) is 2. The van der Waals surface area contributed by atoms with Crippen LogP contribution in [0, 0.1) is 10.1 Å². The third-order valence-electron chi connectivity index (χ3n) is 2.32. The van der Waals surface area contributed by atoms with Crippen molar-refractivity contribution in [3.63, 3.8) is 0 Å². The quantitative estimate of drug-likeness (QED) is 0.315. The molecule has 11 heavy (non-hydrogen) atoms. The van der Waals surface area contributed by atoms with Gasteiger partial charge in [0.25, 0.3) is 5.66 Å². The molecule has 4 N–H and O–H groups in total. The number of hydrogen-bond acceptors (Lipinski definition) is 4. The molecule has 1 aliphatic carbocycles. The third-order valence-corrected chi connectivity index (χ3v) is 2.32. The van der Waals surface area contributed by atoms with Gasteiger partial charge in [0.2, 0.25) is 0 Å². The Bertz CT molecular complexity index is 173. The van der Waals surface area contributed by atoms with Gasteiger partial charge in [0, 0.05) is 11.3 Å². The average molecular weight is 159 g/mol. The normalized spacial score (nSPS) is 38.5. The maximum atomic E-state index is 10.5. The topological polar surface area (TPSA) is 95.2 Å². The summed E-state index contributed by atoms with van der Waals surface area (Å²) in [7, 11) is 0. The van der Waals surface area contributed by atoms with E-state index >= 15 is 0 Å². The van der Waals surface area contributed by atoms with Crippen LogP contribution in [0.4, 0.5) is 0 Å². The van der Waals surface area contributed by atoms with Crippen LogP contribution >= 0.6 is 0 Å². The molecule has 1 saturated carbocycles. The number of nitrogens with zero attached hydrogens (tertiary/aromatic N) is 1. The van der Waals surface area contributed by atoms with Crippen molar-refractivity contribution in [1.29, 1.82) is 0 Å². The number of rotatable bonds is 1. The molecule has 0 spiro atoms. The van der Waals surface area contributed by atoms with Crippen LogP contribution in [0.5, 0.6) is 0 Å². The van der Waals surface area contributed by atoms with Crippen molar-refractivity contribution in [2.45, 2.75) is 37.4 Å². The molecule has 1 fully saturated rings. The van der Waals surface area contributed by atoms with Gasteiger partial charge in [-0.1, -0.05) is 6.42 Å². The summed E-state index contributed by atoms with van der Waals surface area (Å²) in [5.41, 5.74) is 9.71. The van der Waals surface area contributed by atoms with Crippen LogP contribution in [0.1, 0.15) is 25.7 Å². The fourth-order valence-electron chi connectivity index (χ4n) is 1.43. The Morgan fingerprint density at radius 1 is 1.55 bits per heavy atom. The molecule has 0 heterocycles. The molecule has 64 valence electrons. The SMILES string of the molecule is N[C@@H]1CCCC[C@@]1(N)[N+](=O)[O-]. The molecule has 1 rings (SSSR count). The van der Waals surface area contributed by atoms with Gasteiger partial charge < -0.3 is 5.73 Å². The predicted octanol–water partition coefficient (Wildman–Crippen LogP) is -0.181. The maximum absolute atomic E-state index is 10.5. The standard InChI is InChI=1S/C6H13N3O2/c7-5-3-1-2-4-6(5,8)9(10)11/h5H,1-4,7-8H2/t5-,6-/m1/s1.